The molecule has 0 aliphatic rings. The molecule has 0 spiro atoms. The minimum atomic E-state index is 0.553. The van der Waals surface area contributed by atoms with Crippen LogP contribution in [0, 0.1) is 11.3 Å². The molecule has 0 aliphatic carbocycles. The highest BCUT2D eigenvalue weighted by Crippen LogP contribution is 2.28. The molecule has 0 N–H and O–H groups in total. The molecule has 0 aliphatic heterocycles. The van der Waals surface area contributed by atoms with Gasteiger partial charge in [0.05, 0.1) is 11.3 Å². The molecule has 0 amide bonds. The summed E-state index contributed by atoms with van der Waals surface area (Å²) in [7, 11) is 0. The van der Waals surface area contributed by atoms with Crippen molar-refractivity contribution in [3.05, 3.63) is 99.8 Å². The maximum absolute atomic E-state index is 9.62. The van der Waals surface area contributed by atoms with Gasteiger partial charge < -0.3 is 0 Å². The molecule has 134 valence electrons. The van der Waals surface area contributed by atoms with Crippen molar-refractivity contribution in [2.24, 2.45) is 0 Å². The van der Waals surface area contributed by atoms with Gasteiger partial charge in [0.25, 0.3) is 0 Å². The fourth-order valence-corrected chi connectivity index (χ4v) is 3.78. The van der Waals surface area contributed by atoms with Crippen LogP contribution in [0.15, 0.2) is 84.2 Å². The first kappa shape index (κ1) is 18.2. The Morgan fingerprint density at radius 3 is 2.18 bits per heavy atom. The molecule has 1 aromatic heterocycles. The lowest BCUT2D eigenvalue weighted by Gasteiger charge is -2.02. The van der Waals surface area contributed by atoms with Gasteiger partial charge in [0.1, 0.15) is 11.1 Å². The molecular weight excluding hydrogens is 384 g/mol. The molecule has 0 saturated carbocycles. The number of nitriles is 1. The monoisotopic (exact) mass is 398 g/mol. The summed E-state index contributed by atoms with van der Waals surface area (Å²) >= 11 is 7.41. The van der Waals surface area contributed by atoms with Crippen LogP contribution >= 0.6 is 22.9 Å². The number of halogens is 1. The summed E-state index contributed by atoms with van der Waals surface area (Å²) < 4.78 is 0. The summed E-state index contributed by atoms with van der Waals surface area (Å²) in [6, 6.07) is 28.2. The van der Waals surface area contributed by atoms with E-state index in [-0.39, 0.29) is 0 Å². The van der Waals surface area contributed by atoms with E-state index >= 15 is 0 Å². The Labute approximate surface area is 173 Å². The second-order valence-corrected chi connectivity index (χ2v) is 7.50. The quantitative estimate of drug-likeness (QED) is 0.341. The fraction of sp³-hybridized carbons (Fsp3) is 0. The summed E-state index contributed by atoms with van der Waals surface area (Å²) in [5.41, 5.74) is 5.67. The summed E-state index contributed by atoms with van der Waals surface area (Å²) in [6.07, 6.45) is 1.87. The van der Waals surface area contributed by atoms with Crippen molar-refractivity contribution in [1.82, 2.24) is 4.98 Å². The zero-order valence-corrected chi connectivity index (χ0v) is 16.4. The van der Waals surface area contributed by atoms with Gasteiger partial charge in [-0.15, -0.1) is 11.3 Å². The lowest BCUT2D eigenvalue weighted by atomic mass is 10.0. The molecule has 0 bridgehead atoms. The zero-order chi connectivity index (χ0) is 19.3. The lowest BCUT2D eigenvalue weighted by Crippen LogP contribution is -1.83. The second-order valence-electron chi connectivity index (χ2n) is 6.20. The van der Waals surface area contributed by atoms with E-state index in [0.717, 1.165) is 22.4 Å². The maximum Gasteiger partial charge on any atom is 0.134 e. The summed E-state index contributed by atoms with van der Waals surface area (Å²) in [5.74, 6) is 0. The first-order valence-electron chi connectivity index (χ1n) is 8.72. The van der Waals surface area contributed by atoms with Crippen LogP contribution in [-0.4, -0.2) is 4.98 Å². The number of aromatic nitrogens is 1. The smallest absolute Gasteiger partial charge is 0.134 e. The number of hydrogen-bond donors (Lipinski definition) is 0. The van der Waals surface area contributed by atoms with E-state index < -0.39 is 0 Å². The molecule has 28 heavy (non-hydrogen) atoms. The fourth-order valence-electron chi connectivity index (χ4n) is 2.86. The van der Waals surface area contributed by atoms with E-state index in [0.29, 0.717) is 15.6 Å². The van der Waals surface area contributed by atoms with Crippen molar-refractivity contribution in [2.45, 2.75) is 0 Å². The van der Waals surface area contributed by atoms with E-state index in [4.69, 9.17) is 11.6 Å². The van der Waals surface area contributed by atoms with Gasteiger partial charge in [0.2, 0.25) is 0 Å². The van der Waals surface area contributed by atoms with Crippen molar-refractivity contribution in [3.63, 3.8) is 0 Å². The Bertz CT molecular complexity index is 1150. The van der Waals surface area contributed by atoms with Gasteiger partial charge in [-0.25, -0.2) is 4.98 Å². The number of nitrogens with zero attached hydrogens (tertiary/aromatic N) is 2. The second kappa shape index (κ2) is 8.22. The van der Waals surface area contributed by atoms with Crippen molar-refractivity contribution >= 4 is 34.6 Å². The molecule has 2 nitrogen and oxygen atoms in total. The predicted molar refractivity (Wildman–Crippen MR) is 118 cm³/mol. The Morgan fingerprint density at radius 2 is 1.50 bits per heavy atom. The van der Waals surface area contributed by atoms with Gasteiger partial charge in [-0.05, 0) is 34.9 Å². The highest BCUT2D eigenvalue weighted by molar-refractivity contribution is 7.11. The number of benzene rings is 3. The Kier molecular flexibility index (Phi) is 5.34. The van der Waals surface area contributed by atoms with Crippen molar-refractivity contribution in [2.75, 3.05) is 0 Å². The molecular formula is C24H15ClN2S. The average Bonchev–Trinajstić information content (AvgIpc) is 3.23. The minimum absolute atomic E-state index is 0.553. The number of rotatable bonds is 4. The number of thiazole rings is 1. The van der Waals surface area contributed by atoms with Gasteiger partial charge in [-0.1, -0.05) is 78.3 Å². The summed E-state index contributed by atoms with van der Waals surface area (Å²) in [5, 5.41) is 13.0. The Balaban J connectivity index is 1.60. The van der Waals surface area contributed by atoms with Crippen LogP contribution in [0.3, 0.4) is 0 Å². The zero-order valence-electron chi connectivity index (χ0n) is 14.8. The molecule has 0 fully saturated rings. The van der Waals surface area contributed by atoms with Crippen LogP contribution in [0.5, 0.6) is 0 Å². The van der Waals surface area contributed by atoms with E-state index in [9.17, 15) is 5.26 Å². The molecule has 3 aromatic carbocycles. The van der Waals surface area contributed by atoms with E-state index in [1.54, 1.807) is 0 Å². The summed E-state index contributed by atoms with van der Waals surface area (Å²) in [6.45, 7) is 0. The van der Waals surface area contributed by atoms with Crippen molar-refractivity contribution in [3.8, 4) is 28.5 Å². The molecule has 0 saturated heterocycles. The molecule has 4 heteroatoms. The average molecular weight is 399 g/mol. The SMILES string of the molecule is N#C/C(=C\c1ccc(-c2ccccc2)cc1)c1nc(-c2ccc(Cl)cc2)cs1. The van der Waals surface area contributed by atoms with Crippen LogP contribution < -0.4 is 0 Å². The van der Waals surface area contributed by atoms with Crippen LogP contribution in [-0.2, 0) is 0 Å². The van der Waals surface area contributed by atoms with E-state index in [1.807, 2.05) is 66.1 Å². The predicted octanol–water partition coefficient (Wildman–Crippen LogP) is 7.19. The molecule has 4 aromatic rings. The minimum Gasteiger partial charge on any atom is -0.235 e. The lowest BCUT2D eigenvalue weighted by molar-refractivity contribution is 1.37. The van der Waals surface area contributed by atoms with Crippen molar-refractivity contribution in [1.29, 1.82) is 5.26 Å². The van der Waals surface area contributed by atoms with Crippen LogP contribution in [0.2, 0.25) is 5.02 Å². The first-order valence-corrected chi connectivity index (χ1v) is 9.98. The maximum atomic E-state index is 9.62. The van der Waals surface area contributed by atoms with Gasteiger partial charge >= 0.3 is 0 Å². The van der Waals surface area contributed by atoms with Gasteiger partial charge in [-0.2, -0.15) is 5.26 Å². The summed E-state index contributed by atoms with van der Waals surface area (Å²) in [4.78, 5) is 4.63. The van der Waals surface area contributed by atoms with Crippen LogP contribution in [0.25, 0.3) is 34.0 Å². The van der Waals surface area contributed by atoms with Crippen LogP contribution in [0.1, 0.15) is 10.6 Å². The molecule has 0 atom stereocenters. The molecule has 1 heterocycles. The molecule has 0 unspecified atom stereocenters. The Hall–Kier alpha value is -3.19. The third-order valence-electron chi connectivity index (χ3n) is 4.32. The normalized spacial score (nSPS) is 11.2. The largest absolute Gasteiger partial charge is 0.235 e. The van der Waals surface area contributed by atoms with Gasteiger partial charge in [0.15, 0.2) is 0 Å². The van der Waals surface area contributed by atoms with E-state index in [1.165, 1.54) is 16.9 Å². The topological polar surface area (TPSA) is 36.7 Å². The number of allylic oxidation sites excluding steroid dienone is 1. The highest BCUT2D eigenvalue weighted by atomic mass is 35.5. The van der Waals surface area contributed by atoms with Crippen LogP contribution in [0.4, 0.5) is 0 Å². The standard InChI is InChI=1S/C24H15ClN2S/c25-22-12-10-20(11-13-22)23-16-28-24(27-23)21(15-26)14-17-6-8-19(9-7-17)18-4-2-1-3-5-18/h1-14,16H/b21-14+. The Morgan fingerprint density at radius 1 is 0.857 bits per heavy atom. The van der Waals surface area contributed by atoms with Gasteiger partial charge in [0, 0.05) is 16.0 Å². The highest BCUT2D eigenvalue weighted by Gasteiger charge is 2.09. The number of hydrogen-bond acceptors (Lipinski definition) is 3. The van der Waals surface area contributed by atoms with Crippen molar-refractivity contribution < 1.29 is 0 Å². The third kappa shape index (κ3) is 4.04. The third-order valence-corrected chi connectivity index (χ3v) is 5.45. The molecule has 4 rings (SSSR count). The molecule has 0 radical (unpaired) electrons. The van der Waals surface area contributed by atoms with Gasteiger partial charge in [-0.3, -0.25) is 0 Å². The van der Waals surface area contributed by atoms with E-state index in [2.05, 4.69) is 35.3 Å². The first-order chi connectivity index (χ1) is 13.7.